The molecule has 1 saturated heterocycles. The Morgan fingerprint density at radius 2 is 2.00 bits per heavy atom. The minimum absolute atomic E-state index is 0.139. The maximum atomic E-state index is 14.0. The zero-order valence-electron chi connectivity index (χ0n) is 16.8. The van der Waals surface area contributed by atoms with Gasteiger partial charge < -0.3 is 14.4 Å². The van der Waals surface area contributed by atoms with E-state index in [-0.39, 0.29) is 23.9 Å². The number of pyridine rings is 1. The fourth-order valence-electron chi connectivity index (χ4n) is 5.05. The van der Waals surface area contributed by atoms with Crippen LogP contribution in [-0.2, 0) is 19.1 Å². The summed E-state index contributed by atoms with van der Waals surface area (Å²) in [6.45, 7) is 4.19. The lowest BCUT2D eigenvalue weighted by molar-refractivity contribution is -0.136. The smallest absolute Gasteiger partial charge is 0.290 e. The summed E-state index contributed by atoms with van der Waals surface area (Å²) >= 11 is 0. The number of alkyl halides is 1. The second-order valence-electron chi connectivity index (χ2n) is 8.42. The number of fused-ring (bicyclic) bond motifs is 1. The summed E-state index contributed by atoms with van der Waals surface area (Å²) in [5.74, 6) is -0.742. The van der Waals surface area contributed by atoms with Crippen LogP contribution in [0.5, 0.6) is 0 Å². The van der Waals surface area contributed by atoms with E-state index in [1.165, 1.54) is 0 Å². The van der Waals surface area contributed by atoms with E-state index in [4.69, 9.17) is 9.47 Å². The van der Waals surface area contributed by atoms with Crippen molar-refractivity contribution in [2.45, 2.75) is 37.6 Å². The van der Waals surface area contributed by atoms with Crippen molar-refractivity contribution in [3.63, 3.8) is 0 Å². The highest BCUT2D eigenvalue weighted by atomic mass is 19.1. The molecule has 5 rings (SSSR count). The lowest BCUT2D eigenvalue weighted by atomic mass is 9.77. The lowest BCUT2D eigenvalue weighted by Gasteiger charge is -2.36. The summed E-state index contributed by atoms with van der Waals surface area (Å²) in [5, 5.41) is 0. The van der Waals surface area contributed by atoms with Crippen molar-refractivity contribution in [2.75, 3.05) is 39.4 Å². The van der Waals surface area contributed by atoms with E-state index in [2.05, 4.69) is 9.88 Å². The van der Waals surface area contributed by atoms with Crippen LogP contribution in [0.4, 0.5) is 4.39 Å². The summed E-state index contributed by atoms with van der Waals surface area (Å²) < 4.78 is 25.5. The number of halogens is 1. The first-order valence-electron chi connectivity index (χ1n) is 10.7. The number of aromatic nitrogens is 1. The number of rotatable bonds is 4. The molecule has 0 bridgehead atoms. The minimum Gasteiger partial charge on any atom is -0.483 e. The fraction of sp³-hybridized carbons (Fsp3) is 0.591. The monoisotopic (exact) mass is 415 g/mol. The summed E-state index contributed by atoms with van der Waals surface area (Å²) in [6.07, 6.45) is 2.96. The largest absolute Gasteiger partial charge is 0.483 e. The molecule has 0 radical (unpaired) electrons. The van der Waals surface area contributed by atoms with Crippen molar-refractivity contribution in [1.82, 2.24) is 14.8 Å². The van der Waals surface area contributed by atoms with Gasteiger partial charge in [0, 0.05) is 38.6 Å². The van der Waals surface area contributed by atoms with Crippen molar-refractivity contribution < 1.29 is 23.5 Å². The molecule has 1 aromatic heterocycles. The number of hydrogen-bond donors (Lipinski definition) is 0. The van der Waals surface area contributed by atoms with Crippen LogP contribution in [0.1, 0.15) is 30.9 Å². The van der Waals surface area contributed by atoms with Crippen LogP contribution < -0.4 is 0 Å². The number of amides is 1. The second kappa shape index (κ2) is 8.07. The molecule has 4 heterocycles. The maximum Gasteiger partial charge on any atom is 0.290 e. The van der Waals surface area contributed by atoms with Crippen LogP contribution >= 0.6 is 0 Å². The van der Waals surface area contributed by atoms with Crippen molar-refractivity contribution in [3.05, 3.63) is 41.4 Å². The standard InChI is InChI=1S/C22H26FN3O4/c23-15-3-4-17-16(12-15)20(27)18-19(14-2-1-5-24-13-14)26(22(28)21(18)30-17)7-6-25-8-10-29-11-9-25/h1-2,5,13,15-17,19H,3-4,6-12H2. The molecule has 8 heteroatoms. The van der Waals surface area contributed by atoms with Gasteiger partial charge >= 0.3 is 0 Å². The first kappa shape index (κ1) is 19.6. The summed E-state index contributed by atoms with van der Waals surface area (Å²) in [6, 6.07) is 3.14. The molecular formula is C22H26FN3O4. The number of nitrogens with zero attached hydrogens (tertiary/aromatic N) is 3. The number of morpholine rings is 1. The molecule has 30 heavy (non-hydrogen) atoms. The zero-order chi connectivity index (χ0) is 20.7. The fourth-order valence-corrected chi connectivity index (χ4v) is 5.05. The van der Waals surface area contributed by atoms with E-state index >= 15 is 0 Å². The van der Waals surface area contributed by atoms with Gasteiger partial charge in [0.25, 0.3) is 5.91 Å². The number of carbonyl (C=O) groups is 2. The van der Waals surface area contributed by atoms with Gasteiger partial charge in [0.2, 0.25) is 0 Å². The molecule has 3 aliphatic heterocycles. The van der Waals surface area contributed by atoms with Gasteiger partial charge in [-0.25, -0.2) is 4.39 Å². The molecule has 1 saturated carbocycles. The Labute approximate surface area is 174 Å². The molecular weight excluding hydrogens is 389 g/mol. The number of ketones is 1. The van der Waals surface area contributed by atoms with Crippen LogP contribution in [0.25, 0.3) is 0 Å². The van der Waals surface area contributed by atoms with Gasteiger partial charge in [0.15, 0.2) is 11.5 Å². The molecule has 1 amide bonds. The van der Waals surface area contributed by atoms with E-state index in [9.17, 15) is 14.0 Å². The van der Waals surface area contributed by atoms with Crippen LogP contribution in [-0.4, -0.2) is 78.1 Å². The zero-order valence-corrected chi connectivity index (χ0v) is 16.8. The average molecular weight is 415 g/mol. The predicted molar refractivity (Wildman–Crippen MR) is 105 cm³/mol. The number of ether oxygens (including phenoxy) is 2. The van der Waals surface area contributed by atoms with Gasteiger partial charge in [-0.15, -0.1) is 0 Å². The van der Waals surface area contributed by atoms with Crippen molar-refractivity contribution >= 4 is 11.7 Å². The Hall–Kier alpha value is -2.32. The molecule has 7 nitrogen and oxygen atoms in total. The Morgan fingerprint density at radius 1 is 1.17 bits per heavy atom. The van der Waals surface area contributed by atoms with E-state index in [0.29, 0.717) is 44.7 Å². The first-order chi connectivity index (χ1) is 14.6. The van der Waals surface area contributed by atoms with Crippen molar-refractivity contribution in [1.29, 1.82) is 0 Å². The van der Waals surface area contributed by atoms with Crippen molar-refractivity contribution in [2.24, 2.45) is 5.92 Å². The highest BCUT2D eigenvalue weighted by molar-refractivity contribution is 6.11. The molecule has 4 unspecified atom stereocenters. The molecule has 4 atom stereocenters. The van der Waals surface area contributed by atoms with Crippen molar-refractivity contribution in [3.8, 4) is 0 Å². The summed E-state index contributed by atoms with van der Waals surface area (Å²) in [5.41, 5.74) is 1.16. The van der Waals surface area contributed by atoms with Gasteiger partial charge in [0.1, 0.15) is 12.3 Å². The number of hydrogen-bond acceptors (Lipinski definition) is 6. The Balaban J connectivity index is 1.46. The molecule has 1 aromatic rings. The first-order valence-corrected chi connectivity index (χ1v) is 10.7. The highest BCUT2D eigenvalue weighted by Crippen LogP contribution is 2.46. The van der Waals surface area contributed by atoms with E-state index in [1.807, 2.05) is 6.07 Å². The predicted octanol–water partition coefficient (Wildman–Crippen LogP) is 1.66. The number of carbonyl (C=O) groups excluding carboxylic acids is 2. The second-order valence-corrected chi connectivity index (χ2v) is 8.42. The van der Waals surface area contributed by atoms with Crippen LogP contribution in [0.15, 0.2) is 35.9 Å². The van der Waals surface area contributed by atoms with Gasteiger partial charge in [-0.2, -0.15) is 0 Å². The van der Waals surface area contributed by atoms with Crippen LogP contribution in [0.2, 0.25) is 0 Å². The summed E-state index contributed by atoms with van der Waals surface area (Å²) in [4.78, 5) is 34.9. The molecule has 0 aromatic carbocycles. The topological polar surface area (TPSA) is 72.0 Å². The number of Topliss-reactive ketones (excluding diaryl/α,β-unsaturated/α-hetero) is 1. The minimum atomic E-state index is -0.993. The third-order valence-corrected chi connectivity index (χ3v) is 6.64. The quantitative estimate of drug-likeness (QED) is 0.745. The van der Waals surface area contributed by atoms with Crippen LogP contribution in [0, 0.1) is 5.92 Å². The lowest BCUT2D eigenvalue weighted by Crippen LogP contribution is -2.43. The highest BCUT2D eigenvalue weighted by Gasteiger charge is 2.52. The normalized spacial score (nSPS) is 32.1. The average Bonchev–Trinajstić information content (AvgIpc) is 3.06. The van der Waals surface area contributed by atoms with E-state index < -0.39 is 24.2 Å². The van der Waals surface area contributed by atoms with Crippen LogP contribution in [0.3, 0.4) is 0 Å². The van der Waals surface area contributed by atoms with Gasteiger partial charge in [0.05, 0.1) is 30.7 Å². The molecule has 2 fully saturated rings. The molecule has 4 aliphatic rings. The van der Waals surface area contributed by atoms with E-state index in [0.717, 1.165) is 18.7 Å². The molecule has 0 spiro atoms. The maximum absolute atomic E-state index is 14.0. The van der Waals surface area contributed by atoms with Gasteiger partial charge in [-0.05, 0) is 30.9 Å². The Bertz CT molecular complexity index is 855. The molecule has 160 valence electrons. The summed E-state index contributed by atoms with van der Waals surface area (Å²) in [7, 11) is 0. The molecule has 1 aliphatic carbocycles. The SMILES string of the molecule is O=C1C2=C(OC3CCC(F)CC13)C(=O)N(CCN1CCOCC1)C2c1cccnc1. The Morgan fingerprint density at radius 3 is 2.77 bits per heavy atom. The third-order valence-electron chi connectivity index (χ3n) is 6.64. The molecule has 0 N–H and O–H groups in total. The Kier molecular flexibility index (Phi) is 5.28. The third kappa shape index (κ3) is 3.41. The van der Waals surface area contributed by atoms with E-state index in [1.54, 1.807) is 23.4 Å². The van der Waals surface area contributed by atoms with Gasteiger partial charge in [-0.3, -0.25) is 19.5 Å². The van der Waals surface area contributed by atoms with Gasteiger partial charge in [-0.1, -0.05) is 6.07 Å².